The number of sulfonamides is 1. The molecule has 0 bridgehead atoms. The number of amides is 2. The topological polar surface area (TPSA) is 139 Å². The summed E-state index contributed by atoms with van der Waals surface area (Å²) in [5, 5.41) is 6.52. The van der Waals surface area contributed by atoms with Gasteiger partial charge in [-0.2, -0.15) is 9.40 Å². The van der Waals surface area contributed by atoms with Crippen molar-refractivity contribution in [2.45, 2.75) is 19.4 Å². The molecule has 1 aromatic heterocycles. The number of hydrogen-bond acceptors (Lipinski definition) is 6. The fourth-order valence-electron chi connectivity index (χ4n) is 3.53. The van der Waals surface area contributed by atoms with Crippen LogP contribution in [0, 0.1) is 5.92 Å². The van der Waals surface area contributed by atoms with E-state index in [-0.39, 0.29) is 25.3 Å². The Morgan fingerprint density at radius 3 is 2.48 bits per heavy atom. The summed E-state index contributed by atoms with van der Waals surface area (Å²) in [6, 6.07) is 9.71. The Labute approximate surface area is 181 Å². The van der Waals surface area contributed by atoms with Gasteiger partial charge in [-0.05, 0) is 18.9 Å². The molecule has 1 aromatic carbocycles. The first-order valence-electron chi connectivity index (χ1n) is 10.0. The van der Waals surface area contributed by atoms with Crippen LogP contribution in [0.3, 0.4) is 0 Å². The summed E-state index contributed by atoms with van der Waals surface area (Å²) in [6.07, 6.45) is 1.64. The molecule has 31 heavy (non-hydrogen) atoms. The third kappa shape index (κ3) is 5.69. The minimum atomic E-state index is -3.73. The Bertz CT molecular complexity index is 975. The Kier molecular flexibility index (Phi) is 7.42. The molecule has 168 valence electrons. The standard InChI is InChI=1S/C20H27N5O5S/c1-15(19(21)26)25(18-7-8-22-23-18)20(27)17(13-16-5-3-2-4-6-16)14-31(28,29)24-9-11-30-12-10-24/h2-8,15,17H,9-14H2,1H3,(H2,21,26)(H,22,23). The first-order valence-corrected chi connectivity index (χ1v) is 11.6. The van der Waals surface area contributed by atoms with Gasteiger partial charge in [-0.1, -0.05) is 30.3 Å². The molecule has 2 heterocycles. The summed E-state index contributed by atoms with van der Waals surface area (Å²) in [6.45, 7) is 2.62. The SMILES string of the molecule is CC(C(N)=O)N(C(=O)C(Cc1ccccc1)CS(=O)(=O)N1CCOCC1)c1ccn[nH]1. The van der Waals surface area contributed by atoms with Crippen molar-refractivity contribution in [2.24, 2.45) is 11.7 Å². The lowest BCUT2D eigenvalue weighted by Gasteiger charge is -2.31. The predicted octanol–water partition coefficient (Wildman–Crippen LogP) is 0.137. The molecule has 2 atom stereocenters. The van der Waals surface area contributed by atoms with Crippen molar-refractivity contribution >= 4 is 27.7 Å². The van der Waals surface area contributed by atoms with Gasteiger partial charge in [-0.15, -0.1) is 0 Å². The number of carbonyl (C=O) groups excluding carboxylic acids is 2. The minimum Gasteiger partial charge on any atom is -0.379 e. The molecule has 0 saturated carbocycles. The number of ether oxygens (including phenoxy) is 1. The molecule has 1 fully saturated rings. The summed E-state index contributed by atoms with van der Waals surface area (Å²) in [5.74, 6) is -2.27. The summed E-state index contributed by atoms with van der Waals surface area (Å²) in [4.78, 5) is 26.7. The molecule has 11 heteroatoms. The molecule has 0 aliphatic carbocycles. The third-order valence-electron chi connectivity index (χ3n) is 5.23. The van der Waals surface area contributed by atoms with Gasteiger partial charge in [0.05, 0.1) is 31.1 Å². The predicted molar refractivity (Wildman–Crippen MR) is 115 cm³/mol. The number of carbonyl (C=O) groups is 2. The zero-order valence-corrected chi connectivity index (χ0v) is 18.1. The smallest absolute Gasteiger partial charge is 0.240 e. The highest BCUT2D eigenvalue weighted by Crippen LogP contribution is 2.22. The molecule has 0 radical (unpaired) electrons. The molecular weight excluding hydrogens is 422 g/mol. The van der Waals surface area contributed by atoms with Crippen LogP contribution in [0.5, 0.6) is 0 Å². The lowest BCUT2D eigenvalue weighted by Crippen LogP contribution is -2.51. The summed E-state index contributed by atoms with van der Waals surface area (Å²) in [5.41, 5.74) is 6.28. The van der Waals surface area contributed by atoms with Crippen LogP contribution in [0.15, 0.2) is 42.6 Å². The summed E-state index contributed by atoms with van der Waals surface area (Å²) < 4.78 is 32.8. The second-order valence-electron chi connectivity index (χ2n) is 7.41. The quantitative estimate of drug-likeness (QED) is 0.558. The number of anilines is 1. The van der Waals surface area contributed by atoms with E-state index in [1.165, 1.54) is 28.4 Å². The normalized spacial score (nSPS) is 17.1. The monoisotopic (exact) mass is 449 g/mol. The Hall–Kier alpha value is -2.76. The van der Waals surface area contributed by atoms with E-state index < -0.39 is 39.6 Å². The Morgan fingerprint density at radius 2 is 1.90 bits per heavy atom. The van der Waals surface area contributed by atoms with Crippen molar-refractivity contribution < 1.29 is 22.7 Å². The zero-order chi connectivity index (χ0) is 22.4. The van der Waals surface area contributed by atoms with E-state index in [9.17, 15) is 18.0 Å². The van der Waals surface area contributed by atoms with E-state index in [1.807, 2.05) is 30.3 Å². The van der Waals surface area contributed by atoms with Gasteiger partial charge in [0.15, 0.2) is 0 Å². The summed E-state index contributed by atoms with van der Waals surface area (Å²) in [7, 11) is -3.73. The fraction of sp³-hybridized carbons (Fsp3) is 0.450. The molecule has 3 rings (SSSR count). The van der Waals surface area contributed by atoms with Crippen molar-refractivity contribution in [2.75, 3.05) is 37.0 Å². The lowest BCUT2D eigenvalue weighted by molar-refractivity contribution is -0.126. The highest BCUT2D eigenvalue weighted by Gasteiger charge is 2.37. The highest BCUT2D eigenvalue weighted by atomic mass is 32.2. The number of benzene rings is 1. The largest absolute Gasteiger partial charge is 0.379 e. The van der Waals surface area contributed by atoms with Crippen molar-refractivity contribution in [3.63, 3.8) is 0 Å². The van der Waals surface area contributed by atoms with Crippen molar-refractivity contribution in [3.05, 3.63) is 48.2 Å². The maximum Gasteiger partial charge on any atom is 0.240 e. The number of primary amides is 1. The van der Waals surface area contributed by atoms with Gasteiger partial charge in [0.25, 0.3) is 0 Å². The molecule has 2 amide bonds. The molecule has 0 spiro atoms. The zero-order valence-electron chi connectivity index (χ0n) is 17.3. The Morgan fingerprint density at radius 1 is 1.23 bits per heavy atom. The van der Waals surface area contributed by atoms with E-state index in [4.69, 9.17) is 10.5 Å². The van der Waals surface area contributed by atoms with E-state index in [1.54, 1.807) is 0 Å². The second-order valence-corrected chi connectivity index (χ2v) is 9.42. The number of nitrogens with one attached hydrogen (secondary N) is 1. The van der Waals surface area contributed by atoms with Crippen LogP contribution in [0.4, 0.5) is 5.82 Å². The highest BCUT2D eigenvalue weighted by molar-refractivity contribution is 7.89. The number of morpholine rings is 1. The number of nitrogens with two attached hydrogens (primary N) is 1. The first-order chi connectivity index (χ1) is 14.8. The first kappa shape index (κ1) is 22.9. The van der Waals surface area contributed by atoms with E-state index in [0.717, 1.165) is 5.56 Å². The van der Waals surface area contributed by atoms with E-state index in [2.05, 4.69) is 10.2 Å². The number of rotatable bonds is 9. The van der Waals surface area contributed by atoms with Gasteiger partial charge in [0, 0.05) is 19.2 Å². The molecule has 3 N–H and O–H groups in total. The maximum atomic E-state index is 13.6. The van der Waals surface area contributed by atoms with Crippen LogP contribution in [0.2, 0.25) is 0 Å². The van der Waals surface area contributed by atoms with Crippen LogP contribution in [0.25, 0.3) is 0 Å². The lowest BCUT2D eigenvalue weighted by atomic mass is 9.99. The molecule has 1 saturated heterocycles. The van der Waals surface area contributed by atoms with Crippen LogP contribution in [0.1, 0.15) is 12.5 Å². The van der Waals surface area contributed by atoms with Crippen molar-refractivity contribution in [1.82, 2.24) is 14.5 Å². The number of nitrogens with zero attached hydrogens (tertiary/aromatic N) is 3. The summed E-state index contributed by atoms with van der Waals surface area (Å²) >= 11 is 0. The number of H-pyrrole nitrogens is 1. The molecule has 1 aliphatic rings. The number of aromatic nitrogens is 2. The van der Waals surface area contributed by atoms with Gasteiger partial charge in [0.1, 0.15) is 11.9 Å². The van der Waals surface area contributed by atoms with Gasteiger partial charge in [0.2, 0.25) is 21.8 Å². The minimum absolute atomic E-state index is 0.194. The van der Waals surface area contributed by atoms with Gasteiger partial charge < -0.3 is 10.5 Å². The molecule has 10 nitrogen and oxygen atoms in total. The van der Waals surface area contributed by atoms with Crippen LogP contribution in [-0.2, 0) is 30.8 Å². The maximum absolute atomic E-state index is 13.6. The number of hydrogen-bond donors (Lipinski definition) is 2. The van der Waals surface area contributed by atoms with E-state index in [0.29, 0.717) is 13.2 Å². The fourth-order valence-corrected chi connectivity index (χ4v) is 5.21. The van der Waals surface area contributed by atoms with Gasteiger partial charge in [-0.3, -0.25) is 19.6 Å². The van der Waals surface area contributed by atoms with Crippen LogP contribution >= 0.6 is 0 Å². The molecule has 2 aromatic rings. The average molecular weight is 450 g/mol. The Balaban J connectivity index is 1.93. The van der Waals surface area contributed by atoms with Crippen molar-refractivity contribution in [3.8, 4) is 0 Å². The molecule has 2 unspecified atom stereocenters. The van der Waals surface area contributed by atoms with E-state index >= 15 is 0 Å². The average Bonchev–Trinajstić information content (AvgIpc) is 3.29. The van der Waals surface area contributed by atoms with Crippen molar-refractivity contribution in [1.29, 1.82) is 0 Å². The second kappa shape index (κ2) is 10.0. The van der Waals surface area contributed by atoms with Gasteiger partial charge >= 0.3 is 0 Å². The van der Waals surface area contributed by atoms with Crippen LogP contribution < -0.4 is 10.6 Å². The molecular formula is C20H27N5O5S. The third-order valence-corrected chi connectivity index (χ3v) is 7.21. The number of aromatic amines is 1. The molecule has 1 aliphatic heterocycles. The van der Waals surface area contributed by atoms with Crippen LogP contribution in [-0.4, -0.2) is 72.8 Å². The van der Waals surface area contributed by atoms with Gasteiger partial charge in [-0.25, -0.2) is 8.42 Å².